The molecule has 0 amide bonds. The summed E-state index contributed by atoms with van der Waals surface area (Å²) in [6.45, 7) is 4.43. The van der Waals surface area contributed by atoms with Crippen molar-refractivity contribution >= 4 is 11.8 Å². The van der Waals surface area contributed by atoms with Gasteiger partial charge in [0.15, 0.2) is 0 Å². The molecule has 3 atom stereocenters. The van der Waals surface area contributed by atoms with Crippen molar-refractivity contribution in [3.8, 4) is 6.07 Å². The fourth-order valence-electron chi connectivity index (χ4n) is 2.81. The van der Waals surface area contributed by atoms with E-state index in [0.29, 0.717) is 12.1 Å². The van der Waals surface area contributed by atoms with Gasteiger partial charge in [0.2, 0.25) is 0 Å². The minimum absolute atomic E-state index is 0.323. The summed E-state index contributed by atoms with van der Waals surface area (Å²) in [7, 11) is 0. The van der Waals surface area contributed by atoms with Gasteiger partial charge in [0.25, 0.3) is 0 Å². The zero-order chi connectivity index (χ0) is 13.7. The van der Waals surface area contributed by atoms with Crippen LogP contribution in [0.3, 0.4) is 0 Å². The van der Waals surface area contributed by atoms with Gasteiger partial charge in [-0.05, 0) is 49.6 Å². The first-order chi connectivity index (χ1) is 9.22. The monoisotopic (exact) mass is 274 g/mol. The maximum atomic E-state index is 8.95. The molecule has 0 bridgehead atoms. The highest BCUT2D eigenvalue weighted by molar-refractivity contribution is 7.99. The van der Waals surface area contributed by atoms with Gasteiger partial charge in [-0.1, -0.05) is 19.1 Å². The van der Waals surface area contributed by atoms with E-state index in [1.165, 1.54) is 30.6 Å². The summed E-state index contributed by atoms with van der Waals surface area (Å²) in [5.74, 6) is 1.22. The van der Waals surface area contributed by atoms with Crippen LogP contribution in [-0.4, -0.2) is 17.0 Å². The molecule has 0 aliphatic heterocycles. The molecular weight excluding hydrogens is 252 g/mol. The Labute approximate surface area is 120 Å². The van der Waals surface area contributed by atoms with Gasteiger partial charge >= 0.3 is 0 Å². The van der Waals surface area contributed by atoms with Crippen molar-refractivity contribution in [2.75, 3.05) is 5.75 Å². The van der Waals surface area contributed by atoms with Crippen LogP contribution in [0.4, 0.5) is 0 Å². The van der Waals surface area contributed by atoms with Crippen LogP contribution in [0.2, 0.25) is 0 Å². The third-order valence-electron chi connectivity index (χ3n) is 3.79. The van der Waals surface area contributed by atoms with E-state index in [4.69, 9.17) is 5.26 Å². The minimum atomic E-state index is 0.323. The number of hydrogen-bond donors (Lipinski definition) is 1. The van der Waals surface area contributed by atoms with E-state index in [2.05, 4.69) is 43.1 Å². The number of nitriles is 1. The minimum Gasteiger partial charge on any atom is -0.307 e. The van der Waals surface area contributed by atoms with Crippen LogP contribution in [0.25, 0.3) is 0 Å². The van der Waals surface area contributed by atoms with E-state index in [1.54, 1.807) is 0 Å². The highest BCUT2D eigenvalue weighted by Gasteiger charge is 2.25. The summed E-state index contributed by atoms with van der Waals surface area (Å²) in [5.41, 5.74) is 1.96. The second-order valence-electron chi connectivity index (χ2n) is 5.21. The molecule has 3 unspecified atom stereocenters. The first-order valence-electron chi connectivity index (χ1n) is 7.10. The fourth-order valence-corrected chi connectivity index (χ4v) is 3.95. The zero-order valence-electron chi connectivity index (χ0n) is 11.7. The number of benzene rings is 1. The summed E-state index contributed by atoms with van der Waals surface area (Å²) < 4.78 is 0. The summed E-state index contributed by atoms with van der Waals surface area (Å²) in [6, 6.07) is 11.1. The predicted molar refractivity (Wildman–Crippen MR) is 82.3 cm³/mol. The van der Waals surface area contributed by atoms with E-state index in [0.717, 1.165) is 10.8 Å². The lowest BCUT2D eigenvalue weighted by atomic mass is 10.0. The third-order valence-corrected chi connectivity index (χ3v) is 5.02. The first-order valence-corrected chi connectivity index (χ1v) is 8.15. The van der Waals surface area contributed by atoms with Gasteiger partial charge in [-0.15, -0.1) is 0 Å². The molecule has 2 nitrogen and oxygen atoms in total. The molecule has 1 saturated carbocycles. The molecule has 19 heavy (non-hydrogen) atoms. The average molecular weight is 274 g/mol. The van der Waals surface area contributed by atoms with E-state index in [-0.39, 0.29) is 0 Å². The Hall–Kier alpha value is -0.980. The summed E-state index contributed by atoms with van der Waals surface area (Å²) in [6.07, 6.45) is 3.89. The van der Waals surface area contributed by atoms with Crippen molar-refractivity contribution in [3.63, 3.8) is 0 Å². The maximum absolute atomic E-state index is 8.95. The smallest absolute Gasteiger partial charge is 0.0991 e. The second kappa shape index (κ2) is 6.98. The lowest BCUT2D eigenvalue weighted by Gasteiger charge is -2.20. The summed E-state index contributed by atoms with van der Waals surface area (Å²) >= 11 is 2.09. The lowest BCUT2D eigenvalue weighted by Crippen LogP contribution is -2.29. The molecule has 0 radical (unpaired) electrons. The molecule has 0 spiro atoms. The van der Waals surface area contributed by atoms with Crippen LogP contribution < -0.4 is 5.32 Å². The van der Waals surface area contributed by atoms with E-state index < -0.39 is 0 Å². The van der Waals surface area contributed by atoms with E-state index >= 15 is 0 Å². The topological polar surface area (TPSA) is 35.8 Å². The molecule has 0 aromatic heterocycles. The molecule has 102 valence electrons. The van der Waals surface area contributed by atoms with E-state index in [1.807, 2.05) is 18.2 Å². The van der Waals surface area contributed by atoms with Gasteiger partial charge in [-0.25, -0.2) is 0 Å². The highest BCUT2D eigenvalue weighted by atomic mass is 32.2. The Balaban J connectivity index is 1.91. The SMILES string of the molecule is CCSC1CCC(NC(C)c2cccc(C#N)c2)C1. The molecule has 1 fully saturated rings. The molecule has 1 aromatic rings. The lowest BCUT2D eigenvalue weighted by molar-refractivity contribution is 0.462. The summed E-state index contributed by atoms with van der Waals surface area (Å²) in [5, 5.41) is 13.5. The molecule has 1 aliphatic rings. The molecule has 3 heteroatoms. The van der Waals surface area contributed by atoms with Gasteiger partial charge in [0.05, 0.1) is 11.6 Å². The van der Waals surface area contributed by atoms with Crippen molar-refractivity contribution in [1.29, 1.82) is 5.26 Å². The van der Waals surface area contributed by atoms with Crippen molar-refractivity contribution in [1.82, 2.24) is 5.32 Å². The van der Waals surface area contributed by atoms with Gasteiger partial charge in [0, 0.05) is 17.3 Å². The average Bonchev–Trinajstić information content (AvgIpc) is 2.86. The first kappa shape index (κ1) is 14.4. The number of rotatable bonds is 5. The van der Waals surface area contributed by atoms with Crippen LogP contribution in [0, 0.1) is 11.3 Å². The Morgan fingerprint density at radius 3 is 3.05 bits per heavy atom. The largest absolute Gasteiger partial charge is 0.307 e. The Morgan fingerprint density at radius 1 is 1.47 bits per heavy atom. The Bertz CT molecular complexity index is 452. The number of nitrogens with zero attached hydrogens (tertiary/aromatic N) is 1. The molecule has 0 saturated heterocycles. The van der Waals surface area contributed by atoms with Gasteiger partial charge in [0.1, 0.15) is 0 Å². The Kier molecular flexibility index (Phi) is 5.30. The molecule has 1 N–H and O–H groups in total. The quantitative estimate of drug-likeness (QED) is 0.885. The summed E-state index contributed by atoms with van der Waals surface area (Å²) in [4.78, 5) is 0. The van der Waals surface area contributed by atoms with Gasteiger partial charge in [-0.2, -0.15) is 17.0 Å². The van der Waals surface area contributed by atoms with Crippen molar-refractivity contribution in [3.05, 3.63) is 35.4 Å². The number of hydrogen-bond acceptors (Lipinski definition) is 3. The standard InChI is InChI=1S/C16H22N2S/c1-3-19-16-8-7-15(10-16)18-12(2)14-6-4-5-13(9-14)11-17/h4-6,9,12,15-16,18H,3,7-8,10H2,1-2H3. The second-order valence-corrected chi connectivity index (χ2v) is 6.79. The van der Waals surface area contributed by atoms with Crippen LogP contribution in [0.5, 0.6) is 0 Å². The predicted octanol–water partition coefficient (Wildman–Crippen LogP) is 3.88. The maximum Gasteiger partial charge on any atom is 0.0991 e. The van der Waals surface area contributed by atoms with Gasteiger partial charge in [-0.3, -0.25) is 0 Å². The highest BCUT2D eigenvalue weighted by Crippen LogP contribution is 2.31. The Morgan fingerprint density at radius 2 is 2.32 bits per heavy atom. The van der Waals surface area contributed by atoms with Crippen LogP contribution >= 0.6 is 11.8 Å². The van der Waals surface area contributed by atoms with Crippen molar-refractivity contribution < 1.29 is 0 Å². The molecular formula is C16H22N2S. The molecule has 1 aliphatic carbocycles. The number of thioether (sulfide) groups is 1. The molecule has 2 rings (SSSR count). The normalized spacial score (nSPS) is 24.1. The van der Waals surface area contributed by atoms with Crippen molar-refractivity contribution in [2.45, 2.75) is 50.4 Å². The molecule has 1 aromatic carbocycles. The van der Waals surface area contributed by atoms with Crippen molar-refractivity contribution in [2.24, 2.45) is 0 Å². The molecule has 0 heterocycles. The fraction of sp³-hybridized carbons (Fsp3) is 0.562. The van der Waals surface area contributed by atoms with Gasteiger partial charge < -0.3 is 5.32 Å². The number of nitrogens with one attached hydrogen (secondary N) is 1. The van der Waals surface area contributed by atoms with Crippen LogP contribution in [0.1, 0.15) is 50.3 Å². The third kappa shape index (κ3) is 3.99. The van der Waals surface area contributed by atoms with E-state index in [9.17, 15) is 0 Å². The zero-order valence-corrected chi connectivity index (χ0v) is 12.5. The van der Waals surface area contributed by atoms with Crippen LogP contribution in [-0.2, 0) is 0 Å². The van der Waals surface area contributed by atoms with Crippen LogP contribution in [0.15, 0.2) is 24.3 Å².